The Bertz CT molecular complexity index is 1390. The van der Waals surface area contributed by atoms with Crippen LogP contribution in [0.1, 0.15) is 6.92 Å². The number of sulfone groups is 1. The van der Waals surface area contributed by atoms with Crippen LogP contribution in [-0.2, 0) is 14.6 Å². The molecule has 0 aliphatic carbocycles. The standard InChI is InChI=1S/C24H27FN6O5S/c1-15-14-36-12-10-31(15)23-29-21(16-3-6-18(7-4-16)27-24(33)26-9-11-32)28-22(30-23)19-13-17(25)5-8-20(19)37(2,34)35/h3-8,13,15,32H,9-12,14H2,1-2H3,(H2,26,27,33). The second-order valence-electron chi connectivity index (χ2n) is 8.49. The number of morpholine rings is 1. The number of halogens is 1. The number of rotatable bonds is 7. The Balaban J connectivity index is 1.78. The summed E-state index contributed by atoms with van der Waals surface area (Å²) in [6, 6.07) is 9.54. The van der Waals surface area contributed by atoms with Gasteiger partial charge in [0, 0.05) is 36.2 Å². The SMILES string of the molecule is CC1COCCN1c1nc(-c2ccc(NC(=O)NCCO)cc2)nc(-c2cc(F)ccc2S(C)(=O)=O)n1. The predicted molar refractivity (Wildman–Crippen MR) is 136 cm³/mol. The molecule has 196 valence electrons. The summed E-state index contributed by atoms with van der Waals surface area (Å²) < 4.78 is 44.7. The number of benzene rings is 2. The van der Waals surface area contributed by atoms with Crippen LogP contribution in [0.4, 0.5) is 20.8 Å². The summed E-state index contributed by atoms with van der Waals surface area (Å²) >= 11 is 0. The number of aromatic nitrogens is 3. The molecule has 2 aromatic carbocycles. The van der Waals surface area contributed by atoms with E-state index >= 15 is 0 Å². The van der Waals surface area contributed by atoms with Gasteiger partial charge in [-0.05, 0) is 49.4 Å². The van der Waals surface area contributed by atoms with E-state index in [0.717, 1.165) is 18.4 Å². The smallest absolute Gasteiger partial charge is 0.319 e. The highest BCUT2D eigenvalue weighted by Gasteiger charge is 2.25. The molecular weight excluding hydrogens is 503 g/mol. The van der Waals surface area contributed by atoms with E-state index in [2.05, 4.69) is 25.6 Å². The van der Waals surface area contributed by atoms with Crippen molar-refractivity contribution in [1.82, 2.24) is 20.3 Å². The molecule has 1 aliphatic rings. The second-order valence-corrected chi connectivity index (χ2v) is 10.5. The normalized spacial score (nSPS) is 15.9. The molecule has 0 radical (unpaired) electrons. The van der Waals surface area contributed by atoms with Crippen molar-refractivity contribution < 1.29 is 27.4 Å². The maximum absolute atomic E-state index is 14.2. The third kappa shape index (κ3) is 6.37. The highest BCUT2D eigenvalue weighted by atomic mass is 32.2. The van der Waals surface area contributed by atoms with Crippen molar-refractivity contribution in [3.63, 3.8) is 0 Å². The van der Waals surface area contributed by atoms with Crippen LogP contribution in [-0.4, -0.2) is 79.7 Å². The molecule has 2 amide bonds. The first-order valence-corrected chi connectivity index (χ1v) is 13.4. The van der Waals surface area contributed by atoms with Crippen LogP contribution in [0.15, 0.2) is 47.4 Å². The van der Waals surface area contributed by atoms with E-state index in [-0.39, 0.29) is 41.3 Å². The maximum Gasteiger partial charge on any atom is 0.319 e. The van der Waals surface area contributed by atoms with Gasteiger partial charge in [-0.2, -0.15) is 9.97 Å². The predicted octanol–water partition coefficient (Wildman–Crippen LogP) is 2.09. The average Bonchev–Trinajstić information content (AvgIpc) is 2.87. The van der Waals surface area contributed by atoms with Gasteiger partial charge in [-0.25, -0.2) is 22.6 Å². The molecule has 1 unspecified atom stereocenters. The summed E-state index contributed by atoms with van der Waals surface area (Å²) in [5, 5.41) is 14.0. The number of urea groups is 1. The molecule has 13 heteroatoms. The molecule has 1 atom stereocenters. The van der Waals surface area contributed by atoms with E-state index in [1.165, 1.54) is 6.07 Å². The highest BCUT2D eigenvalue weighted by molar-refractivity contribution is 7.90. The molecule has 3 N–H and O–H groups in total. The first-order valence-electron chi connectivity index (χ1n) is 11.5. The average molecular weight is 531 g/mol. The monoisotopic (exact) mass is 530 g/mol. The number of anilines is 2. The first kappa shape index (κ1) is 26.4. The third-order valence-corrected chi connectivity index (χ3v) is 6.78. The van der Waals surface area contributed by atoms with E-state index in [9.17, 15) is 17.6 Å². The zero-order valence-electron chi connectivity index (χ0n) is 20.3. The largest absolute Gasteiger partial charge is 0.395 e. The molecular formula is C24H27FN6O5S. The number of carbonyl (C=O) groups is 1. The number of aliphatic hydroxyl groups excluding tert-OH is 1. The van der Waals surface area contributed by atoms with Gasteiger partial charge in [0.25, 0.3) is 0 Å². The van der Waals surface area contributed by atoms with Gasteiger partial charge < -0.3 is 25.4 Å². The minimum atomic E-state index is -3.71. The van der Waals surface area contributed by atoms with Crippen LogP contribution in [0.3, 0.4) is 0 Å². The van der Waals surface area contributed by atoms with Crippen LogP contribution in [0, 0.1) is 5.82 Å². The summed E-state index contributed by atoms with van der Waals surface area (Å²) in [5.74, 6) is -0.0477. The molecule has 1 aromatic heterocycles. The second kappa shape index (κ2) is 11.2. The summed E-state index contributed by atoms with van der Waals surface area (Å²) in [5.41, 5.74) is 1.11. The van der Waals surface area contributed by atoms with Gasteiger partial charge in [0.2, 0.25) is 5.95 Å². The Kier molecular flexibility index (Phi) is 7.95. The number of hydrogen-bond donors (Lipinski definition) is 3. The van der Waals surface area contributed by atoms with Gasteiger partial charge >= 0.3 is 6.03 Å². The van der Waals surface area contributed by atoms with Crippen molar-refractivity contribution in [1.29, 1.82) is 0 Å². The summed E-state index contributed by atoms with van der Waals surface area (Å²) in [6.07, 6.45) is 1.04. The van der Waals surface area contributed by atoms with Gasteiger partial charge in [0.15, 0.2) is 21.5 Å². The molecule has 4 rings (SSSR count). The van der Waals surface area contributed by atoms with Crippen molar-refractivity contribution >= 4 is 27.5 Å². The lowest BCUT2D eigenvalue weighted by atomic mass is 10.1. The maximum atomic E-state index is 14.2. The quantitative estimate of drug-likeness (QED) is 0.391. The van der Waals surface area contributed by atoms with Crippen LogP contribution >= 0.6 is 0 Å². The minimum absolute atomic E-state index is 0.0178. The molecule has 1 fully saturated rings. The summed E-state index contributed by atoms with van der Waals surface area (Å²) in [4.78, 5) is 27.4. The Morgan fingerprint density at radius 1 is 1.16 bits per heavy atom. The number of nitrogens with zero attached hydrogens (tertiary/aromatic N) is 4. The van der Waals surface area contributed by atoms with Crippen LogP contribution in [0.5, 0.6) is 0 Å². The molecule has 0 bridgehead atoms. The fourth-order valence-corrected chi connectivity index (χ4v) is 4.68. The Morgan fingerprint density at radius 3 is 2.57 bits per heavy atom. The molecule has 1 saturated heterocycles. The Hall–Kier alpha value is -3.68. The van der Waals surface area contributed by atoms with Gasteiger partial charge in [0.1, 0.15) is 5.82 Å². The van der Waals surface area contributed by atoms with Gasteiger partial charge in [0.05, 0.1) is 30.8 Å². The number of ether oxygens (including phenoxy) is 1. The van der Waals surface area contributed by atoms with Gasteiger partial charge in [-0.3, -0.25) is 0 Å². The van der Waals surface area contributed by atoms with Crippen LogP contribution in [0.2, 0.25) is 0 Å². The van der Waals surface area contributed by atoms with E-state index in [0.29, 0.717) is 37.0 Å². The lowest BCUT2D eigenvalue weighted by Crippen LogP contribution is -2.44. The fourth-order valence-electron chi connectivity index (χ4n) is 3.81. The van der Waals surface area contributed by atoms with Crippen molar-refractivity contribution in [3.05, 3.63) is 48.3 Å². The highest BCUT2D eigenvalue weighted by Crippen LogP contribution is 2.30. The number of carbonyl (C=O) groups excluding carboxylic acids is 1. The van der Waals surface area contributed by atoms with E-state index in [4.69, 9.17) is 9.84 Å². The topological polar surface area (TPSA) is 147 Å². The molecule has 37 heavy (non-hydrogen) atoms. The van der Waals surface area contributed by atoms with E-state index in [1.807, 2.05) is 11.8 Å². The van der Waals surface area contributed by atoms with Crippen molar-refractivity contribution in [2.24, 2.45) is 0 Å². The van der Waals surface area contributed by atoms with E-state index < -0.39 is 21.7 Å². The van der Waals surface area contributed by atoms with E-state index in [1.54, 1.807) is 24.3 Å². The number of amides is 2. The van der Waals surface area contributed by atoms with Crippen molar-refractivity contribution in [2.45, 2.75) is 17.9 Å². The third-order valence-electron chi connectivity index (χ3n) is 5.63. The lowest BCUT2D eigenvalue weighted by molar-refractivity contribution is 0.0981. The Labute approximate surface area is 213 Å². The zero-order chi connectivity index (χ0) is 26.6. The zero-order valence-corrected chi connectivity index (χ0v) is 21.1. The van der Waals surface area contributed by atoms with Crippen molar-refractivity contribution in [3.8, 4) is 22.8 Å². The molecule has 3 aromatic rings. The van der Waals surface area contributed by atoms with Gasteiger partial charge in [-0.1, -0.05) is 0 Å². The Morgan fingerprint density at radius 2 is 1.89 bits per heavy atom. The molecule has 0 saturated carbocycles. The van der Waals surface area contributed by atoms with Crippen LogP contribution < -0.4 is 15.5 Å². The minimum Gasteiger partial charge on any atom is -0.395 e. The molecule has 0 spiro atoms. The lowest BCUT2D eigenvalue weighted by Gasteiger charge is -2.33. The number of nitrogens with one attached hydrogen (secondary N) is 2. The number of hydrogen-bond acceptors (Lipinski definition) is 9. The summed E-state index contributed by atoms with van der Waals surface area (Å²) in [6.45, 7) is 3.34. The van der Waals surface area contributed by atoms with Gasteiger partial charge in [-0.15, -0.1) is 0 Å². The number of aliphatic hydroxyl groups is 1. The molecule has 1 aliphatic heterocycles. The summed E-state index contributed by atoms with van der Waals surface area (Å²) in [7, 11) is -3.71. The molecule has 11 nitrogen and oxygen atoms in total. The molecule has 2 heterocycles. The fraction of sp³-hybridized carbons (Fsp3) is 0.333. The first-order chi connectivity index (χ1) is 17.7. The van der Waals surface area contributed by atoms with Crippen molar-refractivity contribution in [2.75, 3.05) is 49.4 Å². The van der Waals surface area contributed by atoms with Crippen LogP contribution in [0.25, 0.3) is 22.8 Å².